The molecule has 0 atom stereocenters. The van der Waals surface area contributed by atoms with Crippen LogP contribution in [0.5, 0.6) is 0 Å². The fourth-order valence-corrected chi connectivity index (χ4v) is 1.43. The number of halogens is 1. The number of benzene rings is 1. The minimum Gasteiger partial charge on any atom is -0.294 e. The normalized spacial score (nSPS) is 9.60. The Morgan fingerprint density at radius 1 is 1.27 bits per heavy atom. The summed E-state index contributed by atoms with van der Waals surface area (Å²) in [7, 11) is 0. The minimum atomic E-state index is 0.524. The fraction of sp³-hybridized carbons (Fsp3) is 0. The van der Waals surface area contributed by atoms with Gasteiger partial charge in [-0.15, -0.1) is 0 Å². The molecule has 1 N–H and O–H groups in total. The highest BCUT2D eigenvalue weighted by Crippen LogP contribution is 2.19. The van der Waals surface area contributed by atoms with Crippen molar-refractivity contribution in [3.05, 3.63) is 53.3 Å². The zero-order valence-electron chi connectivity index (χ0n) is 7.81. The van der Waals surface area contributed by atoms with Crippen molar-refractivity contribution in [2.45, 2.75) is 0 Å². The molecule has 3 nitrogen and oxygen atoms in total. The number of aromatic nitrogens is 1. The van der Waals surface area contributed by atoms with E-state index < -0.39 is 0 Å². The Bertz CT molecular complexity index is 497. The molecule has 0 aliphatic heterocycles. The Labute approximate surface area is 92.5 Å². The maximum absolute atomic E-state index is 8.91. The van der Waals surface area contributed by atoms with Gasteiger partial charge in [-0.2, -0.15) is 5.26 Å². The summed E-state index contributed by atoms with van der Waals surface area (Å²) < 4.78 is 1.77. The summed E-state index contributed by atoms with van der Waals surface area (Å²) in [6, 6.07) is 11.0. The average Bonchev–Trinajstić information content (AvgIpc) is 2.73. The largest absolute Gasteiger partial charge is 0.294 e. The standard InChI is InChI=1S/C11H8ClN3/c12-10-3-4-11(9(7-10)8-13)14-15-5-1-2-6-15/h1-7,14H. The molecule has 0 aliphatic rings. The topological polar surface area (TPSA) is 40.8 Å². The van der Waals surface area contributed by atoms with Crippen molar-refractivity contribution in [3.8, 4) is 6.07 Å². The van der Waals surface area contributed by atoms with Gasteiger partial charge in [-0.3, -0.25) is 10.1 Å². The first-order valence-electron chi connectivity index (χ1n) is 4.39. The predicted molar refractivity (Wildman–Crippen MR) is 59.6 cm³/mol. The molecule has 1 aromatic carbocycles. The lowest BCUT2D eigenvalue weighted by Gasteiger charge is -2.08. The zero-order valence-corrected chi connectivity index (χ0v) is 8.57. The highest BCUT2D eigenvalue weighted by Gasteiger charge is 2.02. The summed E-state index contributed by atoms with van der Waals surface area (Å²) in [4.78, 5) is 0. The Morgan fingerprint density at radius 3 is 2.67 bits per heavy atom. The lowest BCUT2D eigenvalue weighted by Crippen LogP contribution is -2.06. The Kier molecular flexibility index (Phi) is 2.61. The predicted octanol–water partition coefficient (Wildman–Crippen LogP) is 2.89. The number of hydrogen-bond donors (Lipinski definition) is 1. The van der Waals surface area contributed by atoms with Crippen LogP contribution in [-0.2, 0) is 0 Å². The molecule has 0 spiro atoms. The average molecular weight is 218 g/mol. The van der Waals surface area contributed by atoms with Gasteiger partial charge in [0.25, 0.3) is 0 Å². The lowest BCUT2D eigenvalue weighted by atomic mass is 10.2. The van der Waals surface area contributed by atoms with Crippen LogP contribution in [-0.4, -0.2) is 4.68 Å². The van der Waals surface area contributed by atoms with Crippen LogP contribution >= 0.6 is 11.6 Å². The van der Waals surface area contributed by atoms with Gasteiger partial charge in [-0.1, -0.05) is 11.6 Å². The summed E-state index contributed by atoms with van der Waals surface area (Å²) in [6.45, 7) is 0. The third-order valence-corrected chi connectivity index (χ3v) is 2.19. The summed E-state index contributed by atoms with van der Waals surface area (Å²) in [5, 5.41) is 9.47. The summed E-state index contributed by atoms with van der Waals surface area (Å²) >= 11 is 5.79. The van der Waals surface area contributed by atoms with Crippen molar-refractivity contribution in [1.29, 1.82) is 5.26 Å². The van der Waals surface area contributed by atoms with E-state index in [-0.39, 0.29) is 0 Å². The van der Waals surface area contributed by atoms with Crippen LogP contribution in [0.3, 0.4) is 0 Å². The van der Waals surface area contributed by atoms with Gasteiger partial charge >= 0.3 is 0 Å². The Balaban J connectivity index is 2.33. The highest BCUT2D eigenvalue weighted by atomic mass is 35.5. The molecule has 1 aromatic heterocycles. The molecule has 0 unspecified atom stereocenters. The van der Waals surface area contributed by atoms with E-state index in [1.165, 1.54) is 0 Å². The van der Waals surface area contributed by atoms with Gasteiger partial charge < -0.3 is 0 Å². The van der Waals surface area contributed by atoms with Crippen LogP contribution in [0.2, 0.25) is 5.02 Å². The van der Waals surface area contributed by atoms with Gasteiger partial charge in [0, 0.05) is 17.4 Å². The summed E-state index contributed by atoms with van der Waals surface area (Å²) in [5.74, 6) is 0. The molecule has 2 aromatic rings. The first-order valence-corrected chi connectivity index (χ1v) is 4.77. The molecule has 2 rings (SSSR count). The third-order valence-electron chi connectivity index (χ3n) is 1.96. The van der Waals surface area contributed by atoms with Crippen molar-refractivity contribution in [3.63, 3.8) is 0 Å². The van der Waals surface area contributed by atoms with Crippen LogP contribution in [0.15, 0.2) is 42.7 Å². The molecule has 0 aliphatic carbocycles. The van der Waals surface area contributed by atoms with Crippen LogP contribution in [0, 0.1) is 11.3 Å². The molecule has 0 bridgehead atoms. The fourth-order valence-electron chi connectivity index (χ4n) is 1.25. The van der Waals surface area contributed by atoms with Gasteiger partial charge in [0.2, 0.25) is 0 Å². The maximum Gasteiger partial charge on any atom is 0.101 e. The summed E-state index contributed by atoms with van der Waals surface area (Å²) in [6.07, 6.45) is 3.71. The van der Waals surface area contributed by atoms with Crippen LogP contribution in [0.4, 0.5) is 5.69 Å². The Hall–Kier alpha value is -1.92. The van der Waals surface area contributed by atoms with Crippen molar-refractivity contribution in [1.82, 2.24) is 4.68 Å². The van der Waals surface area contributed by atoms with Gasteiger partial charge in [0.15, 0.2) is 0 Å². The van der Waals surface area contributed by atoms with E-state index in [4.69, 9.17) is 16.9 Å². The van der Waals surface area contributed by atoms with Crippen LogP contribution in [0.1, 0.15) is 5.56 Å². The zero-order chi connectivity index (χ0) is 10.7. The van der Waals surface area contributed by atoms with Gasteiger partial charge in [0.05, 0.1) is 11.3 Å². The summed E-state index contributed by atoms with van der Waals surface area (Å²) in [5.41, 5.74) is 4.32. The van der Waals surface area contributed by atoms with E-state index in [1.54, 1.807) is 22.9 Å². The second-order valence-corrected chi connectivity index (χ2v) is 3.44. The molecular formula is C11H8ClN3. The van der Waals surface area contributed by atoms with E-state index in [9.17, 15) is 0 Å². The molecule has 0 amide bonds. The van der Waals surface area contributed by atoms with Gasteiger partial charge in [-0.05, 0) is 30.3 Å². The second-order valence-electron chi connectivity index (χ2n) is 3.00. The molecule has 0 fully saturated rings. The molecule has 15 heavy (non-hydrogen) atoms. The van der Waals surface area contributed by atoms with Crippen molar-refractivity contribution < 1.29 is 0 Å². The molecule has 4 heteroatoms. The number of hydrogen-bond acceptors (Lipinski definition) is 2. The molecule has 0 radical (unpaired) electrons. The molecule has 74 valence electrons. The van der Waals surface area contributed by atoms with Crippen LogP contribution < -0.4 is 5.43 Å². The quantitative estimate of drug-likeness (QED) is 0.841. The lowest BCUT2D eigenvalue weighted by molar-refractivity contribution is 0.969. The Morgan fingerprint density at radius 2 is 2.00 bits per heavy atom. The first-order chi connectivity index (χ1) is 7.29. The monoisotopic (exact) mass is 217 g/mol. The highest BCUT2D eigenvalue weighted by molar-refractivity contribution is 6.30. The second kappa shape index (κ2) is 4.07. The smallest absolute Gasteiger partial charge is 0.101 e. The number of nitrogens with one attached hydrogen (secondary N) is 1. The SMILES string of the molecule is N#Cc1cc(Cl)ccc1Nn1cccc1. The van der Waals surface area contributed by atoms with Crippen molar-refractivity contribution >= 4 is 17.3 Å². The van der Waals surface area contributed by atoms with E-state index in [1.807, 2.05) is 24.5 Å². The minimum absolute atomic E-state index is 0.524. The molecule has 0 saturated heterocycles. The molecular weight excluding hydrogens is 210 g/mol. The van der Waals surface area contributed by atoms with E-state index in [2.05, 4.69) is 11.5 Å². The van der Waals surface area contributed by atoms with E-state index in [0.717, 1.165) is 5.69 Å². The third kappa shape index (κ3) is 2.12. The number of rotatable bonds is 2. The number of nitriles is 1. The van der Waals surface area contributed by atoms with Gasteiger partial charge in [-0.25, -0.2) is 0 Å². The first kappa shape index (κ1) is 9.63. The maximum atomic E-state index is 8.91. The van der Waals surface area contributed by atoms with E-state index >= 15 is 0 Å². The van der Waals surface area contributed by atoms with Gasteiger partial charge in [0.1, 0.15) is 6.07 Å². The van der Waals surface area contributed by atoms with Crippen LogP contribution in [0.25, 0.3) is 0 Å². The molecule has 1 heterocycles. The number of nitrogens with zero attached hydrogens (tertiary/aromatic N) is 2. The number of anilines is 1. The van der Waals surface area contributed by atoms with E-state index in [0.29, 0.717) is 10.6 Å². The van der Waals surface area contributed by atoms with Crippen molar-refractivity contribution in [2.24, 2.45) is 0 Å². The van der Waals surface area contributed by atoms with Crippen molar-refractivity contribution in [2.75, 3.05) is 5.43 Å². The molecule has 0 saturated carbocycles.